The lowest BCUT2D eigenvalue weighted by molar-refractivity contribution is 0.0855. The molecule has 2 rings (SSSR count). The summed E-state index contributed by atoms with van der Waals surface area (Å²) >= 11 is 3.37. The Kier molecular flexibility index (Phi) is 3.10. The topological polar surface area (TPSA) is 26.3 Å². The van der Waals surface area contributed by atoms with Crippen molar-refractivity contribution in [3.63, 3.8) is 0 Å². The smallest absolute Gasteiger partial charge is 0.166 e. The highest BCUT2D eigenvalue weighted by molar-refractivity contribution is 9.10. The van der Waals surface area contributed by atoms with E-state index in [9.17, 15) is 4.79 Å². The van der Waals surface area contributed by atoms with Crippen LogP contribution < -0.4 is 4.74 Å². The number of ketones is 1. The van der Waals surface area contributed by atoms with Crippen molar-refractivity contribution in [2.45, 2.75) is 19.3 Å². The number of rotatable bonds is 3. The number of methoxy groups -OCH3 is 1. The van der Waals surface area contributed by atoms with Crippen LogP contribution in [0.1, 0.15) is 29.6 Å². The molecule has 0 amide bonds. The van der Waals surface area contributed by atoms with Crippen LogP contribution in [-0.4, -0.2) is 12.9 Å². The van der Waals surface area contributed by atoms with Crippen LogP contribution in [0.4, 0.5) is 0 Å². The van der Waals surface area contributed by atoms with E-state index in [0.717, 1.165) is 28.6 Å². The first-order valence-electron chi connectivity index (χ1n) is 5.10. The lowest BCUT2D eigenvalue weighted by atomic mass is 9.80. The van der Waals surface area contributed by atoms with Gasteiger partial charge in [0.1, 0.15) is 5.75 Å². The Balaban J connectivity index is 2.24. The van der Waals surface area contributed by atoms with Gasteiger partial charge in [-0.25, -0.2) is 0 Å². The summed E-state index contributed by atoms with van der Waals surface area (Å²) in [6.07, 6.45) is 3.26. The second kappa shape index (κ2) is 4.35. The minimum atomic E-state index is 0.246. The van der Waals surface area contributed by atoms with Crippen LogP contribution in [0.15, 0.2) is 22.7 Å². The highest BCUT2D eigenvalue weighted by Gasteiger charge is 2.26. The molecule has 0 aliphatic heterocycles. The fourth-order valence-electron chi connectivity index (χ4n) is 1.72. The van der Waals surface area contributed by atoms with Crippen LogP contribution in [0.5, 0.6) is 5.75 Å². The SMILES string of the molecule is COc1cc(C(=O)C2CCC2)ccc1Br. The standard InChI is InChI=1S/C12H13BrO2/c1-15-11-7-9(5-6-10(11)13)12(14)8-3-2-4-8/h5-8H,2-4H2,1H3. The molecule has 1 aromatic carbocycles. The monoisotopic (exact) mass is 268 g/mol. The maximum absolute atomic E-state index is 11.9. The molecule has 1 fully saturated rings. The first kappa shape index (κ1) is 10.7. The molecular weight excluding hydrogens is 256 g/mol. The fourth-order valence-corrected chi connectivity index (χ4v) is 2.13. The normalized spacial score (nSPS) is 15.9. The molecule has 2 nitrogen and oxygen atoms in total. The molecule has 0 atom stereocenters. The summed E-state index contributed by atoms with van der Waals surface area (Å²) in [4.78, 5) is 11.9. The summed E-state index contributed by atoms with van der Waals surface area (Å²) in [6.45, 7) is 0. The average Bonchev–Trinajstić information content (AvgIpc) is 2.15. The number of halogens is 1. The second-order valence-electron chi connectivity index (χ2n) is 3.84. The minimum absolute atomic E-state index is 0.246. The first-order valence-corrected chi connectivity index (χ1v) is 5.89. The largest absolute Gasteiger partial charge is 0.496 e. The van der Waals surface area contributed by atoms with Crippen LogP contribution in [0.25, 0.3) is 0 Å². The molecule has 0 bridgehead atoms. The van der Waals surface area contributed by atoms with Crippen LogP contribution in [0, 0.1) is 5.92 Å². The van der Waals surface area contributed by atoms with Crippen LogP contribution in [-0.2, 0) is 0 Å². The van der Waals surface area contributed by atoms with Gasteiger partial charge in [0.2, 0.25) is 0 Å². The van der Waals surface area contributed by atoms with E-state index in [-0.39, 0.29) is 11.7 Å². The van der Waals surface area contributed by atoms with Gasteiger partial charge in [-0.3, -0.25) is 4.79 Å². The zero-order valence-corrected chi connectivity index (χ0v) is 10.2. The summed E-state index contributed by atoms with van der Waals surface area (Å²) < 4.78 is 6.05. The Bertz CT molecular complexity index is 383. The lowest BCUT2D eigenvalue weighted by Gasteiger charge is -2.23. The van der Waals surface area contributed by atoms with Crippen LogP contribution >= 0.6 is 15.9 Å². The Morgan fingerprint density at radius 1 is 1.47 bits per heavy atom. The van der Waals surface area contributed by atoms with Crippen LogP contribution in [0.2, 0.25) is 0 Å². The van der Waals surface area contributed by atoms with Gasteiger partial charge < -0.3 is 4.74 Å². The third-order valence-electron chi connectivity index (χ3n) is 2.91. The molecule has 1 aliphatic carbocycles. The maximum Gasteiger partial charge on any atom is 0.166 e. The molecule has 1 saturated carbocycles. The van der Waals surface area contributed by atoms with Gasteiger partial charge in [-0.05, 0) is 40.9 Å². The quantitative estimate of drug-likeness (QED) is 0.786. The van der Waals surface area contributed by atoms with E-state index in [0.29, 0.717) is 0 Å². The number of hydrogen-bond donors (Lipinski definition) is 0. The van der Waals surface area contributed by atoms with E-state index in [4.69, 9.17) is 4.74 Å². The molecule has 0 saturated heterocycles. The van der Waals surface area contributed by atoms with Gasteiger partial charge in [0, 0.05) is 11.5 Å². The van der Waals surface area contributed by atoms with E-state index >= 15 is 0 Å². The molecule has 3 heteroatoms. The number of ether oxygens (including phenoxy) is 1. The van der Waals surface area contributed by atoms with Crippen molar-refractivity contribution >= 4 is 21.7 Å². The molecule has 0 spiro atoms. The van der Waals surface area contributed by atoms with Crippen molar-refractivity contribution in [2.24, 2.45) is 5.92 Å². The predicted octanol–water partition coefficient (Wildman–Crippen LogP) is 3.44. The molecule has 1 aliphatic rings. The highest BCUT2D eigenvalue weighted by atomic mass is 79.9. The molecule has 0 heterocycles. The average molecular weight is 269 g/mol. The molecule has 0 N–H and O–H groups in total. The molecule has 0 unspecified atom stereocenters. The van der Waals surface area contributed by atoms with Gasteiger partial charge >= 0.3 is 0 Å². The Morgan fingerprint density at radius 3 is 2.73 bits per heavy atom. The van der Waals surface area contributed by atoms with Crippen molar-refractivity contribution in [1.82, 2.24) is 0 Å². The van der Waals surface area contributed by atoms with Crippen molar-refractivity contribution < 1.29 is 9.53 Å². The molecule has 0 radical (unpaired) electrons. The third-order valence-corrected chi connectivity index (χ3v) is 3.57. The summed E-state index contributed by atoms with van der Waals surface area (Å²) in [5.41, 5.74) is 0.764. The van der Waals surface area contributed by atoms with Gasteiger partial charge in [-0.2, -0.15) is 0 Å². The Hall–Kier alpha value is -0.830. The van der Waals surface area contributed by atoms with Crippen molar-refractivity contribution in [1.29, 1.82) is 0 Å². The van der Waals surface area contributed by atoms with Crippen molar-refractivity contribution in [3.05, 3.63) is 28.2 Å². The fraction of sp³-hybridized carbons (Fsp3) is 0.417. The summed E-state index contributed by atoms with van der Waals surface area (Å²) in [5, 5.41) is 0. The number of carbonyl (C=O) groups excluding carboxylic acids is 1. The Labute approximate surface area is 97.8 Å². The lowest BCUT2D eigenvalue weighted by Crippen LogP contribution is -2.21. The van der Waals surface area contributed by atoms with Gasteiger partial charge in [0.05, 0.1) is 11.6 Å². The first-order chi connectivity index (χ1) is 7.22. The zero-order valence-electron chi connectivity index (χ0n) is 8.63. The van der Waals surface area contributed by atoms with E-state index in [1.165, 1.54) is 6.42 Å². The minimum Gasteiger partial charge on any atom is -0.496 e. The van der Waals surface area contributed by atoms with Gasteiger partial charge in [0.25, 0.3) is 0 Å². The van der Waals surface area contributed by atoms with E-state index in [1.807, 2.05) is 18.2 Å². The van der Waals surface area contributed by atoms with Gasteiger partial charge in [0.15, 0.2) is 5.78 Å². The van der Waals surface area contributed by atoms with Gasteiger partial charge in [-0.1, -0.05) is 12.5 Å². The molecule has 15 heavy (non-hydrogen) atoms. The van der Waals surface area contributed by atoms with Crippen LogP contribution in [0.3, 0.4) is 0 Å². The summed E-state index contributed by atoms with van der Waals surface area (Å²) in [5.74, 6) is 1.23. The van der Waals surface area contributed by atoms with Gasteiger partial charge in [-0.15, -0.1) is 0 Å². The van der Waals surface area contributed by atoms with E-state index < -0.39 is 0 Å². The highest BCUT2D eigenvalue weighted by Crippen LogP contribution is 2.32. The van der Waals surface area contributed by atoms with E-state index in [2.05, 4.69) is 15.9 Å². The van der Waals surface area contributed by atoms with Crippen molar-refractivity contribution in [2.75, 3.05) is 7.11 Å². The third kappa shape index (κ3) is 2.07. The second-order valence-corrected chi connectivity index (χ2v) is 4.70. The molecule has 80 valence electrons. The predicted molar refractivity (Wildman–Crippen MR) is 62.4 cm³/mol. The summed E-state index contributed by atoms with van der Waals surface area (Å²) in [6, 6.07) is 5.53. The number of Topliss-reactive ketones (excluding diaryl/α,β-unsaturated/α-hetero) is 1. The molecule has 1 aromatic rings. The number of benzene rings is 1. The zero-order chi connectivity index (χ0) is 10.8. The number of hydrogen-bond acceptors (Lipinski definition) is 2. The van der Waals surface area contributed by atoms with E-state index in [1.54, 1.807) is 7.11 Å². The van der Waals surface area contributed by atoms with Crippen molar-refractivity contribution in [3.8, 4) is 5.75 Å². The maximum atomic E-state index is 11.9. The molecular formula is C12H13BrO2. The number of carbonyl (C=O) groups is 1. The Morgan fingerprint density at radius 2 is 2.20 bits per heavy atom. The molecule has 0 aromatic heterocycles. The summed E-state index contributed by atoms with van der Waals surface area (Å²) in [7, 11) is 1.61.